The lowest BCUT2D eigenvalue weighted by molar-refractivity contribution is -0.117. The van der Waals surface area contributed by atoms with Crippen molar-refractivity contribution in [2.75, 3.05) is 12.4 Å². The Labute approximate surface area is 152 Å². The van der Waals surface area contributed by atoms with E-state index >= 15 is 0 Å². The molecule has 0 radical (unpaired) electrons. The quantitative estimate of drug-likeness (QED) is 0.611. The molecule has 0 aliphatic heterocycles. The number of rotatable bonds is 7. The number of H-pyrrole nitrogens is 1. The number of carbonyl (C=O) groups is 1. The van der Waals surface area contributed by atoms with E-state index in [-0.39, 0.29) is 5.91 Å². The second kappa shape index (κ2) is 8.31. The molecule has 0 unspecified atom stereocenters. The van der Waals surface area contributed by atoms with Crippen LogP contribution in [0.3, 0.4) is 0 Å². The van der Waals surface area contributed by atoms with Crippen molar-refractivity contribution in [3.05, 3.63) is 66.5 Å². The highest BCUT2D eigenvalue weighted by Gasteiger charge is 2.15. The Kier molecular flexibility index (Phi) is 5.66. The first kappa shape index (κ1) is 17.7. The summed E-state index contributed by atoms with van der Waals surface area (Å²) >= 11 is 0. The summed E-state index contributed by atoms with van der Waals surface area (Å²) in [4.78, 5) is 12.4. The molecule has 0 spiro atoms. The number of carbonyl (C=O) groups excluding carboxylic acids is 1. The van der Waals surface area contributed by atoms with Crippen molar-refractivity contribution in [2.45, 2.75) is 18.9 Å². The molecule has 4 N–H and O–H groups in total. The van der Waals surface area contributed by atoms with E-state index in [1.807, 2.05) is 42.5 Å². The van der Waals surface area contributed by atoms with Gasteiger partial charge in [-0.1, -0.05) is 30.3 Å². The van der Waals surface area contributed by atoms with Gasteiger partial charge in [0, 0.05) is 29.1 Å². The summed E-state index contributed by atoms with van der Waals surface area (Å²) in [5, 5.41) is 9.58. The van der Waals surface area contributed by atoms with Crippen LogP contribution < -0.4 is 15.8 Å². The molecule has 0 saturated carbocycles. The molecular weight excluding hydrogens is 328 g/mol. The fraction of sp³-hybridized carbons (Fsp3) is 0.200. The van der Waals surface area contributed by atoms with Crippen LogP contribution in [-0.4, -0.2) is 29.3 Å². The fourth-order valence-electron chi connectivity index (χ4n) is 2.74. The van der Waals surface area contributed by atoms with Crippen LogP contribution in [0.15, 0.2) is 60.9 Å². The van der Waals surface area contributed by atoms with Gasteiger partial charge in [-0.3, -0.25) is 9.89 Å². The molecule has 0 fully saturated rings. The van der Waals surface area contributed by atoms with Crippen LogP contribution in [0.5, 0.6) is 5.75 Å². The number of anilines is 1. The van der Waals surface area contributed by atoms with Crippen LogP contribution in [-0.2, 0) is 11.2 Å². The van der Waals surface area contributed by atoms with Crippen LogP contribution in [0.25, 0.3) is 11.1 Å². The van der Waals surface area contributed by atoms with Crippen molar-refractivity contribution in [3.8, 4) is 16.9 Å². The number of methoxy groups -OCH3 is 1. The van der Waals surface area contributed by atoms with E-state index in [2.05, 4.69) is 15.5 Å². The second-order valence-corrected chi connectivity index (χ2v) is 6.02. The zero-order valence-corrected chi connectivity index (χ0v) is 14.6. The van der Waals surface area contributed by atoms with Gasteiger partial charge in [0.15, 0.2) is 0 Å². The average Bonchev–Trinajstić information content (AvgIpc) is 3.21. The number of benzene rings is 2. The minimum Gasteiger partial charge on any atom is -0.496 e. The lowest BCUT2D eigenvalue weighted by Gasteiger charge is -2.14. The molecule has 2 aromatic carbocycles. The number of aryl methyl sites for hydroxylation is 1. The van der Waals surface area contributed by atoms with Gasteiger partial charge in [-0.05, 0) is 30.5 Å². The Bertz CT molecular complexity index is 848. The van der Waals surface area contributed by atoms with Crippen molar-refractivity contribution < 1.29 is 9.53 Å². The minimum atomic E-state index is -0.574. The van der Waals surface area contributed by atoms with Crippen molar-refractivity contribution in [2.24, 2.45) is 5.73 Å². The fourth-order valence-corrected chi connectivity index (χ4v) is 2.74. The maximum atomic E-state index is 12.4. The van der Waals surface area contributed by atoms with Crippen LogP contribution in [0, 0.1) is 0 Å². The molecular formula is C20H22N4O2. The van der Waals surface area contributed by atoms with Gasteiger partial charge in [0.25, 0.3) is 0 Å². The highest BCUT2D eigenvalue weighted by Crippen LogP contribution is 2.31. The van der Waals surface area contributed by atoms with Crippen molar-refractivity contribution in [3.63, 3.8) is 0 Å². The third-order valence-electron chi connectivity index (χ3n) is 4.20. The number of aromatic amines is 1. The van der Waals surface area contributed by atoms with Gasteiger partial charge in [0.05, 0.1) is 19.3 Å². The third kappa shape index (κ3) is 4.29. The minimum absolute atomic E-state index is 0.209. The molecule has 6 nitrogen and oxygen atoms in total. The van der Waals surface area contributed by atoms with Crippen molar-refractivity contribution >= 4 is 11.6 Å². The zero-order valence-electron chi connectivity index (χ0n) is 14.6. The second-order valence-electron chi connectivity index (χ2n) is 6.02. The molecule has 3 rings (SSSR count). The molecule has 1 atom stereocenters. The highest BCUT2D eigenvalue weighted by atomic mass is 16.5. The Hall–Kier alpha value is -3.12. The molecule has 6 heteroatoms. The van der Waals surface area contributed by atoms with Crippen LogP contribution >= 0.6 is 0 Å². The van der Waals surface area contributed by atoms with Gasteiger partial charge in [-0.2, -0.15) is 5.10 Å². The van der Waals surface area contributed by atoms with Crippen LogP contribution in [0.1, 0.15) is 12.0 Å². The topological polar surface area (TPSA) is 93.0 Å². The molecule has 1 amide bonds. The highest BCUT2D eigenvalue weighted by molar-refractivity contribution is 5.95. The summed E-state index contributed by atoms with van der Waals surface area (Å²) in [7, 11) is 1.59. The number of nitrogens with two attached hydrogens (primary N) is 1. The van der Waals surface area contributed by atoms with E-state index in [1.54, 1.807) is 25.6 Å². The lowest BCUT2D eigenvalue weighted by atomic mass is 10.0. The molecule has 0 bridgehead atoms. The summed E-state index contributed by atoms with van der Waals surface area (Å²) < 4.78 is 5.43. The van der Waals surface area contributed by atoms with E-state index in [9.17, 15) is 4.79 Å². The maximum absolute atomic E-state index is 12.4. The average molecular weight is 350 g/mol. The Morgan fingerprint density at radius 1 is 1.27 bits per heavy atom. The largest absolute Gasteiger partial charge is 0.496 e. The SMILES string of the molecule is COc1cc(NC(=O)[C@@H](N)CCc2ccccc2)ccc1-c1cn[nH]c1. The summed E-state index contributed by atoms with van der Waals surface area (Å²) in [6.07, 6.45) is 4.85. The van der Waals surface area contributed by atoms with Crippen LogP contribution in [0.2, 0.25) is 0 Å². The number of amides is 1. The number of aromatic nitrogens is 2. The molecule has 1 heterocycles. The first-order chi connectivity index (χ1) is 12.7. The van der Waals surface area contributed by atoms with Gasteiger partial charge in [-0.15, -0.1) is 0 Å². The third-order valence-corrected chi connectivity index (χ3v) is 4.20. The number of hydrogen-bond acceptors (Lipinski definition) is 4. The van der Waals surface area contributed by atoms with Gasteiger partial charge in [0.2, 0.25) is 5.91 Å². The normalized spacial score (nSPS) is 11.8. The first-order valence-corrected chi connectivity index (χ1v) is 8.45. The predicted molar refractivity (Wildman–Crippen MR) is 102 cm³/mol. The molecule has 0 aliphatic rings. The Morgan fingerprint density at radius 3 is 2.77 bits per heavy atom. The summed E-state index contributed by atoms with van der Waals surface area (Å²) in [5.41, 5.74) is 9.66. The Balaban J connectivity index is 1.63. The summed E-state index contributed by atoms with van der Waals surface area (Å²) in [6, 6.07) is 14.9. The van der Waals surface area contributed by atoms with Gasteiger partial charge >= 0.3 is 0 Å². The van der Waals surface area contributed by atoms with Gasteiger partial charge in [0.1, 0.15) is 5.75 Å². The molecule has 26 heavy (non-hydrogen) atoms. The monoisotopic (exact) mass is 350 g/mol. The number of nitrogens with zero attached hydrogens (tertiary/aromatic N) is 1. The van der Waals surface area contributed by atoms with E-state index in [0.29, 0.717) is 17.9 Å². The first-order valence-electron chi connectivity index (χ1n) is 8.45. The summed E-state index contributed by atoms with van der Waals surface area (Å²) in [5.74, 6) is 0.445. The molecule has 3 aromatic rings. The maximum Gasteiger partial charge on any atom is 0.241 e. The number of ether oxygens (including phenoxy) is 1. The number of nitrogens with one attached hydrogen (secondary N) is 2. The predicted octanol–water partition coefficient (Wildman–Crippen LogP) is 2.98. The van der Waals surface area contributed by atoms with Crippen molar-refractivity contribution in [1.29, 1.82) is 0 Å². The van der Waals surface area contributed by atoms with E-state index in [4.69, 9.17) is 10.5 Å². The molecule has 1 aromatic heterocycles. The van der Waals surface area contributed by atoms with E-state index in [1.165, 1.54) is 5.56 Å². The van der Waals surface area contributed by atoms with Crippen molar-refractivity contribution in [1.82, 2.24) is 10.2 Å². The van der Waals surface area contributed by atoms with E-state index in [0.717, 1.165) is 17.5 Å². The zero-order chi connectivity index (χ0) is 18.4. The molecule has 134 valence electrons. The standard InChI is InChI=1S/C20H22N4O2/c1-26-19-11-16(8-9-17(19)15-12-22-23-13-15)24-20(25)18(21)10-7-14-5-3-2-4-6-14/h2-6,8-9,11-13,18H,7,10,21H2,1H3,(H,22,23)(H,24,25)/t18-/m0/s1. The smallest absolute Gasteiger partial charge is 0.241 e. The Morgan fingerprint density at radius 2 is 2.08 bits per heavy atom. The van der Waals surface area contributed by atoms with Gasteiger partial charge < -0.3 is 15.8 Å². The number of hydrogen-bond donors (Lipinski definition) is 3. The molecule has 0 saturated heterocycles. The van der Waals surface area contributed by atoms with Gasteiger partial charge in [-0.25, -0.2) is 0 Å². The van der Waals surface area contributed by atoms with Crippen LogP contribution in [0.4, 0.5) is 5.69 Å². The van der Waals surface area contributed by atoms with E-state index < -0.39 is 6.04 Å². The lowest BCUT2D eigenvalue weighted by Crippen LogP contribution is -2.36. The molecule has 0 aliphatic carbocycles. The summed E-state index contributed by atoms with van der Waals surface area (Å²) in [6.45, 7) is 0.